The summed E-state index contributed by atoms with van der Waals surface area (Å²) in [6.07, 6.45) is 0. The minimum Gasteiger partial charge on any atom is -0.480 e. The van der Waals surface area contributed by atoms with Crippen molar-refractivity contribution in [2.24, 2.45) is 0 Å². The van der Waals surface area contributed by atoms with Gasteiger partial charge in [0.2, 0.25) is 0 Å². The first-order valence-electron chi connectivity index (χ1n) is 6.79. The zero-order chi connectivity index (χ0) is 16.8. The maximum atomic E-state index is 11.1. The average molecular weight is 310 g/mol. The molecule has 0 fully saturated rings. The van der Waals surface area contributed by atoms with E-state index in [1.54, 1.807) is 12.1 Å². The van der Waals surface area contributed by atoms with E-state index in [0.717, 1.165) is 5.56 Å². The molecule has 23 heavy (non-hydrogen) atoms. The second-order valence-electron chi connectivity index (χ2n) is 4.85. The maximum absolute atomic E-state index is 11.1. The van der Waals surface area contributed by atoms with E-state index in [1.807, 2.05) is 36.4 Å². The Hall–Kier alpha value is -3.33. The number of carboxylic acid groups (broad SMARTS) is 2. The van der Waals surface area contributed by atoms with Crippen molar-refractivity contribution >= 4 is 17.6 Å². The first-order chi connectivity index (χ1) is 11.0. The van der Waals surface area contributed by atoms with Gasteiger partial charge in [0.15, 0.2) is 0 Å². The van der Waals surface area contributed by atoms with Crippen LogP contribution in [0.5, 0.6) is 0 Å². The van der Waals surface area contributed by atoms with Crippen LogP contribution in [0, 0.1) is 11.3 Å². The molecule has 6 heteroatoms. The number of carbonyl (C=O) groups is 2. The van der Waals surface area contributed by atoms with Crippen LogP contribution in [0.3, 0.4) is 0 Å². The largest absolute Gasteiger partial charge is 0.480 e. The number of nitriles is 1. The van der Waals surface area contributed by atoms with Crippen LogP contribution >= 0.6 is 0 Å². The molecule has 2 rings (SSSR count). The second-order valence-corrected chi connectivity index (χ2v) is 4.85. The number of aliphatic carboxylic acids is 2. The van der Waals surface area contributed by atoms with Gasteiger partial charge in [0.1, 0.15) is 13.1 Å². The van der Waals surface area contributed by atoms with Gasteiger partial charge in [-0.1, -0.05) is 36.4 Å². The van der Waals surface area contributed by atoms with Crippen molar-refractivity contribution in [3.63, 3.8) is 0 Å². The summed E-state index contributed by atoms with van der Waals surface area (Å²) in [4.78, 5) is 23.4. The third-order valence-corrected chi connectivity index (χ3v) is 3.20. The predicted octanol–water partition coefficient (Wildman–Crippen LogP) is 2.20. The van der Waals surface area contributed by atoms with Crippen molar-refractivity contribution in [2.75, 3.05) is 18.0 Å². The normalized spacial score (nSPS) is 9.87. The smallest absolute Gasteiger partial charge is 0.323 e. The summed E-state index contributed by atoms with van der Waals surface area (Å²) >= 11 is 0. The quantitative estimate of drug-likeness (QED) is 0.848. The van der Waals surface area contributed by atoms with Crippen LogP contribution in [0.15, 0.2) is 48.5 Å². The Morgan fingerprint density at radius 2 is 1.61 bits per heavy atom. The van der Waals surface area contributed by atoms with E-state index in [0.29, 0.717) is 16.8 Å². The Kier molecular flexibility index (Phi) is 4.95. The monoisotopic (exact) mass is 310 g/mol. The summed E-state index contributed by atoms with van der Waals surface area (Å²) in [5.74, 6) is -2.29. The SMILES string of the molecule is N#Cc1ccc(-c2ccccc2)c(N(CC(=O)O)CC(=O)O)c1. The van der Waals surface area contributed by atoms with Crippen LogP contribution in [-0.4, -0.2) is 35.2 Å². The average Bonchev–Trinajstić information content (AvgIpc) is 2.53. The molecule has 0 aliphatic heterocycles. The molecule has 6 nitrogen and oxygen atoms in total. The molecular weight excluding hydrogens is 296 g/mol. The first-order valence-corrected chi connectivity index (χ1v) is 6.79. The number of nitrogens with zero attached hydrogens (tertiary/aromatic N) is 2. The summed E-state index contributed by atoms with van der Waals surface area (Å²) in [5, 5.41) is 27.2. The fourth-order valence-electron chi connectivity index (χ4n) is 2.28. The lowest BCUT2D eigenvalue weighted by Crippen LogP contribution is -2.34. The summed E-state index contributed by atoms with van der Waals surface area (Å²) in [7, 11) is 0. The van der Waals surface area contributed by atoms with E-state index in [2.05, 4.69) is 0 Å². The van der Waals surface area contributed by atoms with Crippen molar-refractivity contribution < 1.29 is 19.8 Å². The van der Waals surface area contributed by atoms with Crippen molar-refractivity contribution in [1.29, 1.82) is 5.26 Å². The first kappa shape index (κ1) is 16.0. The van der Waals surface area contributed by atoms with Gasteiger partial charge in [-0.05, 0) is 17.7 Å². The van der Waals surface area contributed by atoms with E-state index in [-0.39, 0.29) is 0 Å². The highest BCUT2D eigenvalue weighted by Crippen LogP contribution is 2.31. The summed E-state index contributed by atoms with van der Waals surface area (Å²) in [6.45, 7) is -0.942. The molecule has 0 radical (unpaired) electrons. The number of benzene rings is 2. The zero-order valence-corrected chi connectivity index (χ0v) is 12.1. The van der Waals surface area contributed by atoms with Crippen LogP contribution in [0.25, 0.3) is 11.1 Å². The fourth-order valence-corrected chi connectivity index (χ4v) is 2.28. The van der Waals surface area contributed by atoms with Gasteiger partial charge in [-0.25, -0.2) is 0 Å². The van der Waals surface area contributed by atoms with Gasteiger partial charge >= 0.3 is 11.9 Å². The second kappa shape index (κ2) is 7.09. The molecule has 0 bridgehead atoms. The molecule has 0 aliphatic carbocycles. The van der Waals surface area contributed by atoms with Crippen LogP contribution in [-0.2, 0) is 9.59 Å². The third kappa shape index (κ3) is 4.08. The molecule has 2 N–H and O–H groups in total. The van der Waals surface area contributed by atoms with Crippen molar-refractivity contribution in [3.05, 3.63) is 54.1 Å². The molecule has 0 atom stereocenters. The Balaban J connectivity index is 2.58. The molecule has 2 aromatic rings. The van der Waals surface area contributed by atoms with Gasteiger partial charge in [-0.15, -0.1) is 0 Å². The van der Waals surface area contributed by atoms with Crippen LogP contribution in [0.4, 0.5) is 5.69 Å². The van der Waals surface area contributed by atoms with Gasteiger partial charge in [0.05, 0.1) is 11.6 Å². The van der Waals surface area contributed by atoms with E-state index >= 15 is 0 Å². The molecular formula is C17H14N2O4. The van der Waals surface area contributed by atoms with Crippen LogP contribution in [0.1, 0.15) is 5.56 Å². The molecule has 0 heterocycles. The van der Waals surface area contributed by atoms with Crippen molar-refractivity contribution in [1.82, 2.24) is 0 Å². The Morgan fingerprint density at radius 1 is 1.00 bits per heavy atom. The zero-order valence-electron chi connectivity index (χ0n) is 12.1. The highest BCUT2D eigenvalue weighted by atomic mass is 16.4. The lowest BCUT2D eigenvalue weighted by molar-refractivity contribution is -0.136. The highest BCUT2D eigenvalue weighted by molar-refractivity contribution is 5.86. The minimum absolute atomic E-state index is 0.334. The lowest BCUT2D eigenvalue weighted by Gasteiger charge is -2.24. The Labute approximate surface area is 132 Å². The molecule has 0 unspecified atom stereocenters. The number of carboxylic acids is 2. The number of hydrogen-bond donors (Lipinski definition) is 2. The molecule has 0 spiro atoms. The minimum atomic E-state index is -1.15. The topological polar surface area (TPSA) is 102 Å². The van der Waals surface area contributed by atoms with Gasteiger partial charge < -0.3 is 15.1 Å². The van der Waals surface area contributed by atoms with Crippen molar-refractivity contribution in [2.45, 2.75) is 0 Å². The summed E-state index contributed by atoms with van der Waals surface area (Å²) in [5.41, 5.74) is 2.22. The van der Waals surface area contributed by atoms with Gasteiger partial charge in [-0.2, -0.15) is 5.26 Å². The van der Waals surface area contributed by atoms with Crippen molar-refractivity contribution in [3.8, 4) is 17.2 Å². The molecule has 0 aliphatic rings. The van der Waals surface area contributed by atoms with E-state index in [4.69, 9.17) is 15.5 Å². The molecule has 0 aromatic heterocycles. The highest BCUT2D eigenvalue weighted by Gasteiger charge is 2.18. The molecule has 0 saturated heterocycles. The van der Waals surface area contributed by atoms with E-state index in [9.17, 15) is 9.59 Å². The van der Waals surface area contributed by atoms with E-state index in [1.165, 1.54) is 11.0 Å². The van der Waals surface area contributed by atoms with Crippen LogP contribution in [0.2, 0.25) is 0 Å². The maximum Gasteiger partial charge on any atom is 0.323 e. The summed E-state index contributed by atoms with van der Waals surface area (Å²) in [6, 6.07) is 16.0. The predicted molar refractivity (Wildman–Crippen MR) is 84.1 cm³/mol. The Morgan fingerprint density at radius 3 is 2.13 bits per heavy atom. The third-order valence-electron chi connectivity index (χ3n) is 3.20. The standard InChI is InChI=1S/C17H14N2O4/c18-9-12-6-7-14(13-4-2-1-3-5-13)15(8-12)19(10-16(20)21)11-17(22)23/h1-8H,10-11H2,(H,20,21)(H,22,23). The van der Waals surface area contributed by atoms with Gasteiger partial charge in [0, 0.05) is 11.3 Å². The van der Waals surface area contributed by atoms with Crippen LogP contribution < -0.4 is 4.90 Å². The number of anilines is 1. The fraction of sp³-hybridized carbons (Fsp3) is 0.118. The molecule has 0 saturated carbocycles. The summed E-state index contributed by atoms with van der Waals surface area (Å²) < 4.78 is 0. The van der Waals surface area contributed by atoms with Gasteiger partial charge in [-0.3, -0.25) is 9.59 Å². The van der Waals surface area contributed by atoms with E-state index < -0.39 is 25.0 Å². The molecule has 2 aromatic carbocycles. The molecule has 0 amide bonds. The number of rotatable bonds is 6. The lowest BCUT2D eigenvalue weighted by atomic mass is 10.0. The molecule has 116 valence electrons. The number of hydrogen-bond acceptors (Lipinski definition) is 4. The van der Waals surface area contributed by atoms with Gasteiger partial charge in [0.25, 0.3) is 0 Å². The Bertz CT molecular complexity index is 750.